The van der Waals surface area contributed by atoms with Crippen LogP contribution in [0.25, 0.3) is 0 Å². The molecule has 0 bridgehead atoms. The number of aromatic nitrogens is 1. The van der Waals surface area contributed by atoms with E-state index in [0.717, 1.165) is 6.42 Å². The number of carbonyl (C=O) groups excluding carboxylic acids is 1. The second kappa shape index (κ2) is 5.26. The molecule has 0 aromatic carbocycles. The average molecular weight is 264 g/mol. The highest BCUT2D eigenvalue weighted by Crippen LogP contribution is 2.21. The number of carboxylic acid groups (broad SMARTS) is 1. The van der Waals surface area contributed by atoms with Crippen LogP contribution in [0.5, 0.6) is 0 Å². The van der Waals surface area contributed by atoms with E-state index in [1.165, 1.54) is 11.0 Å². The first-order valence-corrected chi connectivity index (χ1v) is 6.21. The van der Waals surface area contributed by atoms with Gasteiger partial charge in [-0.2, -0.15) is 0 Å². The van der Waals surface area contributed by atoms with E-state index < -0.39 is 11.5 Å². The lowest BCUT2D eigenvalue weighted by Crippen LogP contribution is -2.39. The number of H-pyrrole nitrogens is 1. The lowest BCUT2D eigenvalue weighted by atomic mass is 10.1. The number of nitrogens with one attached hydrogen (secondary N) is 1. The van der Waals surface area contributed by atoms with E-state index in [9.17, 15) is 14.4 Å². The molecule has 1 saturated heterocycles. The number of likely N-dealkylation sites (tertiary alicyclic amines) is 1. The predicted molar refractivity (Wildman–Crippen MR) is 68.1 cm³/mol. The van der Waals surface area contributed by atoms with Gasteiger partial charge >= 0.3 is 5.97 Å². The molecule has 1 fully saturated rings. The number of carbonyl (C=O) groups is 2. The second-order valence-electron chi connectivity index (χ2n) is 4.78. The Morgan fingerprint density at radius 1 is 1.47 bits per heavy atom. The Balaban J connectivity index is 2.23. The van der Waals surface area contributed by atoms with Crippen molar-refractivity contribution >= 4 is 11.9 Å². The van der Waals surface area contributed by atoms with Gasteiger partial charge in [-0.15, -0.1) is 0 Å². The van der Waals surface area contributed by atoms with Crippen LogP contribution in [0.15, 0.2) is 16.9 Å². The maximum atomic E-state index is 12.3. The van der Waals surface area contributed by atoms with Crippen molar-refractivity contribution in [2.45, 2.75) is 32.2 Å². The Labute approximate surface area is 110 Å². The third kappa shape index (κ3) is 2.83. The largest absolute Gasteiger partial charge is 0.481 e. The molecule has 0 radical (unpaired) electrons. The Kier molecular flexibility index (Phi) is 3.69. The highest BCUT2D eigenvalue weighted by Gasteiger charge is 2.31. The monoisotopic (exact) mass is 264 g/mol. The maximum absolute atomic E-state index is 12.3. The minimum atomic E-state index is -0.928. The molecule has 0 aliphatic carbocycles. The summed E-state index contributed by atoms with van der Waals surface area (Å²) in [5.41, 5.74) is 0.332. The molecule has 1 unspecified atom stereocenters. The van der Waals surface area contributed by atoms with Gasteiger partial charge in [0.15, 0.2) is 0 Å². The molecule has 6 nitrogen and oxygen atoms in total. The summed E-state index contributed by atoms with van der Waals surface area (Å²) in [5.74, 6) is -1.31. The van der Waals surface area contributed by atoms with Gasteiger partial charge in [-0.05, 0) is 31.9 Å². The Morgan fingerprint density at radius 3 is 2.84 bits per heavy atom. The topological polar surface area (TPSA) is 90.5 Å². The predicted octanol–water partition coefficient (Wildman–Crippen LogP) is 0.763. The first kappa shape index (κ1) is 13.3. The van der Waals surface area contributed by atoms with Crippen LogP contribution in [0.2, 0.25) is 0 Å². The molecule has 2 N–H and O–H groups in total. The summed E-state index contributed by atoms with van der Waals surface area (Å²) in [6.07, 6.45) is 1.37. The molecule has 0 saturated carbocycles. The SMILES string of the molecule is Cc1ccc(C(=O)N2CCCC2CC(=O)O)c(=O)[nH]1. The van der Waals surface area contributed by atoms with Crippen molar-refractivity contribution < 1.29 is 14.7 Å². The van der Waals surface area contributed by atoms with Gasteiger partial charge < -0.3 is 15.0 Å². The number of carboxylic acids is 1. The molecule has 1 aliphatic rings. The van der Waals surface area contributed by atoms with Crippen molar-refractivity contribution in [1.29, 1.82) is 0 Å². The first-order valence-electron chi connectivity index (χ1n) is 6.21. The van der Waals surface area contributed by atoms with Crippen LogP contribution in [-0.4, -0.2) is 39.5 Å². The quantitative estimate of drug-likeness (QED) is 0.843. The van der Waals surface area contributed by atoms with Crippen LogP contribution in [-0.2, 0) is 4.79 Å². The summed E-state index contributed by atoms with van der Waals surface area (Å²) < 4.78 is 0. The van der Waals surface area contributed by atoms with Crippen molar-refractivity contribution in [3.8, 4) is 0 Å². The first-order chi connectivity index (χ1) is 8.99. The Hall–Kier alpha value is -2.11. The number of nitrogens with zero attached hydrogens (tertiary/aromatic N) is 1. The molecular weight excluding hydrogens is 248 g/mol. The molecule has 1 aromatic rings. The highest BCUT2D eigenvalue weighted by atomic mass is 16.4. The van der Waals surface area contributed by atoms with E-state index >= 15 is 0 Å². The normalized spacial score (nSPS) is 18.6. The van der Waals surface area contributed by atoms with Crippen LogP contribution in [0.1, 0.15) is 35.3 Å². The number of hydrogen-bond donors (Lipinski definition) is 2. The van der Waals surface area contributed by atoms with Gasteiger partial charge in [0.25, 0.3) is 11.5 Å². The second-order valence-corrected chi connectivity index (χ2v) is 4.78. The van der Waals surface area contributed by atoms with Gasteiger partial charge in [0.1, 0.15) is 5.56 Å². The Morgan fingerprint density at radius 2 is 2.21 bits per heavy atom. The standard InChI is InChI=1S/C13H16N2O4/c1-8-4-5-10(12(18)14-8)13(19)15-6-2-3-9(15)7-11(16)17/h4-5,9H,2-3,6-7H2,1H3,(H,14,18)(H,16,17). The number of rotatable bonds is 3. The van der Waals surface area contributed by atoms with Gasteiger partial charge in [0.2, 0.25) is 0 Å². The van der Waals surface area contributed by atoms with Crippen LogP contribution >= 0.6 is 0 Å². The third-order valence-corrected chi connectivity index (χ3v) is 3.33. The summed E-state index contributed by atoms with van der Waals surface area (Å²) in [7, 11) is 0. The van der Waals surface area contributed by atoms with Gasteiger partial charge in [-0.25, -0.2) is 0 Å². The van der Waals surface area contributed by atoms with E-state index in [0.29, 0.717) is 18.7 Å². The summed E-state index contributed by atoms with van der Waals surface area (Å²) in [5, 5.41) is 8.83. The molecular formula is C13H16N2O4. The number of aliphatic carboxylic acids is 1. The molecule has 6 heteroatoms. The van der Waals surface area contributed by atoms with Crippen molar-refractivity contribution in [2.24, 2.45) is 0 Å². The zero-order valence-electron chi connectivity index (χ0n) is 10.7. The van der Waals surface area contributed by atoms with E-state index in [2.05, 4.69) is 4.98 Å². The van der Waals surface area contributed by atoms with E-state index in [1.807, 2.05) is 0 Å². The minimum Gasteiger partial charge on any atom is -0.481 e. The maximum Gasteiger partial charge on any atom is 0.305 e. The number of aromatic amines is 1. The number of pyridine rings is 1. The molecule has 1 atom stereocenters. The van der Waals surface area contributed by atoms with Crippen molar-refractivity contribution in [2.75, 3.05) is 6.54 Å². The molecule has 1 aromatic heterocycles. The van der Waals surface area contributed by atoms with Gasteiger partial charge in [-0.3, -0.25) is 14.4 Å². The summed E-state index contributed by atoms with van der Waals surface area (Å²) in [6, 6.07) is 2.84. The fourth-order valence-corrected chi connectivity index (χ4v) is 2.41. The van der Waals surface area contributed by atoms with Gasteiger partial charge in [-0.1, -0.05) is 0 Å². The number of aryl methyl sites for hydroxylation is 1. The van der Waals surface area contributed by atoms with Crippen molar-refractivity contribution in [3.63, 3.8) is 0 Å². The lowest BCUT2D eigenvalue weighted by Gasteiger charge is -2.23. The fraction of sp³-hybridized carbons (Fsp3) is 0.462. The van der Waals surface area contributed by atoms with Crippen LogP contribution in [0, 0.1) is 6.92 Å². The van der Waals surface area contributed by atoms with Crippen LogP contribution in [0.3, 0.4) is 0 Å². The minimum absolute atomic E-state index is 0.0721. The molecule has 1 amide bonds. The molecule has 2 heterocycles. The highest BCUT2D eigenvalue weighted by molar-refractivity contribution is 5.94. The van der Waals surface area contributed by atoms with Gasteiger partial charge in [0.05, 0.1) is 6.42 Å². The van der Waals surface area contributed by atoms with E-state index in [1.54, 1.807) is 13.0 Å². The zero-order chi connectivity index (χ0) is 14.0. The third-order valence-electron chi connectivity index (χ3n) is 3.33. The summed E-state index contributed by atoms with van der Waals surface area (Å²) in [6.45, 7) is 2.24. The summed E-state index contributed by atoms with van der Waals surface area (Å²) >= 11 is 0. The van der Waals surface area contributed by atoms with Crippen molar-refractivity contribution in [3.05, 3.63) is 33.7 Å². The fourth-order valence-electron chi connectivity index (χ4n) is 2.41. The van der Waals surface area contributed by atoms with Gasteiger partial charge in [0, 0.05) is 18.3 Å². The zero-order valence-corrected chi connectivity index (χ0v) is 10.7. The smallest absolute Gasteiger partial charge is 0.305 e. The molecule has 102 valence electrons. The molecule has 0 spiro atoms. The number of hydrogen-bond acceptors (Lipinski definition) is 3. The van der Waals surface area contributed by atoms with E-state index in [4.69, 9.17) is 5.11 Å². The van der Waals surface area contributed by atoms with Crippen molar-refractivity contribution in [1.82, 2.24) is 9.88 Å². The molecule has 2 rings (SSSR count). The molecule has 1 aliphatic heterocycles. The Bertz CT molecular complexity index is 564. The lowest BCUT2D eigenvalue weighted by molar-refractivity contribution is -0.137. The van der Waals surface area contributed by atoms with Crippen LogP contribution < -0.4 is 5.56 Å². The van der Waals surface area contributed by atoms with E-state index in [-0.39, 0.29) is 23.9 Å². The van der Waals surface area contributed by atoms with Crippen LogP contribution in [0.4, 0.5) is 0 Å². The summed E-state index contributed by atoms with van der Waals surface area (Å²) in [4.78, 5) is 38.9. The molecule has 19 heavy (non-hydrogen) atoms. The average Bonchev–Trinajstić information content (AvgIpc) is 2.75. The number of amides is 1.